The summed E-state index contributed by atoms with van der Waals surface area (Å²) in [6.07, 6.45) is 1.51. The molecule has 0 saturated carbocycles. The number of primary amides is 1. The number of hydrogen-bond donors (Lipinski definition) is 2. The van der Waals surface area contributed by atoms with Gasteiger partial charge in [0.25, 0.3) is 0 Å². The van der Waals surface area contributed by atoms with E-state index in [2.05, 4.69) is 0 Å². The number of likely N-dealkylation sites (tertiary alicyclic amines) is 1. The maximum absolute atomic E-state index is 12.5. The van der Waals surface area contributed by atoms with E-state index < -0.39 is 23.9 Å². The van der Waals surface area contributed by atoms with Crippen molar-refractivity contribution in [2.24, 2.45) is 5.73 Å². The monoisotopic (exact) mass is 301 g/mol. The van der Waals surface area contributed by atoms with E-state index in [1.807, 2.05) is 6.92 Å². The number of nitrogens with two attached hydrogens (primary N) is 1. The van der Waals surface area contributed by atoms with Gasteiger partial charge in [0.15, 0.2) is 0 Å². The predicted octanol–water partition coefficient (Wildman–Crippen LogP) is -0.132. The average Bonchev–Trinajstić information content (AvgIpc) is 2.86. The number of nitrogens with zero attached hydrogens (tertiary/aromatic N) is 2. The summed E-state index contributed by atoms with van der Waals surface area (Å²) < 4.78 is 5.15. The van der Waals surface area contributed by atoms with Crippen molar-refractivity contribution in [2.75, 3.05) is 26.7 Å². The van der Waals surface area contributed by atoms with Gasteiger partial charge >= 0.3 is 12.0 Å². The smallest absolute Gasteiger partial charge is 0.326 e. The summed E-state index contributed by atoms with van der Waals surface area (Å²) in [4.78, 5) is 37.4. The molecule has 8 nitrogen and oxygen atoms in total. The highest BCUT2D eigenvalue weighted by Crippen LogP contribution is 2.22. The molecule has 2 unspecified atom stereocenters. The highest BCUT2D eigenvalue weighted by molar-refractivity contribution is 5.86. The Labute approximate surface area is 123 Å². The summed E-state index contributed by atoms with van der Waals surface area (Å²) in [5, 5.41) is 9.23. The second-order valence-electron chi connectivity index (χ2n) is 5.12. The summed E-state index contributed by atoms with van der Waals surface area (Å²) >= 11 is 0. The number of unbranched alkanes of at least 4 members (excludes halogenated alkanes) is 1. The number of urea groups is 1. The summed E-state index contributed by atoms with van der Waals surface area (Å²) in [5.74, 6) is -1.69. The lowest BCUT2D eigenvalue weighted by Crippen LogP contribution is -2.50. The number of amides is 3. The van der Waals surface area contributed by atoms with Gasteiger partial charge in [0.1, 0.15) is 12.6 Å². The van der Waals surface area contributed by atoms with Gasteiger partial charge in [-0.1, -0.05) is 13.3 Å². The van der Waals surface area contributed by atoms with Gasteiger partial charge in [-0.05, 0) is 6.42 Å². The number of carbonyl (C=O) groups is 3. The standard InChI is InChI=1S/C13H23N3O5/c1-3-4-5-15(8-11(14)17)13(20)16-7-9(21-2)6-10(16)12(18)19/h9-10H,3-8H2,1-2H3,(H2,14,17)(H,18,19). The van der Waals surface area contributed by atoms with Gasteiger partial charge in [-0.3, -0.25) is 4.79 Å². The van der Waals surface area contributed by atoms with Gasteiger partial charge < -0.3 is 25.4 Å². The van der Waals surface area contributed by atoms with Gasteiger partial charge in [-0.25, -0.2) is 9.59 Å². The molecule has 120 valence electrons. The van der Waals surface area contributed by atoms with Crippen LogP contribution in [-0.2, 0) is 14.3 Å². The third-order valence-electron chi connectivity index (χ3n) is 3.53. The minimum Gasteiger partial charge on any atom is -0.480 e. The first-order valence-electron chi connectivity index (χ1n) is 7.00. The van der Waals surface area contributed by atoms with E-state index in [0.29, 0.717) is 6.54 Å². The number of hydrogen-bond acceptors (Lipinski definition) is 4. The summed E-state index contributed by atoms with van der Waals surface area (Å²) in [6.45, 7) is 2.33. The molecule has 0 aromatic rings. The predicted molar refractivity (Wildman–Crippen MR) is 74.6 cm³/mol. The zero-order valence-electron chi connectivity index (χ0n) is 12.4. The Hall–Kier alpha value is -1.83. The Morgan fingerprint density at radius 1 is 1.43 bits per heavy atom. The van der Waals surface area contributed by atoms with Crippen LogP contribution in [-0.4, -0.2) is 71.7 Å². The first kappa shape index (κ1) is 17.2. The molecular formula is C13H23N3O5. The first-order valence-corrected chi connectivity index (χ1v) is 7.00. The fraction of sp³-hybridized carbons (Fsp3) is 0.769. The number of aliphatic carboxylic acids is 1. The minimum atomic E-state index is -1.07. The van der Waals surface area contributed by atoms with Crippen molar-refractivity contribution >= 4 is 17.9 Å². The lowest BCUT2D eigenvalue weighted by atomic mass is 10.2. The van der Waals surface area contributed by atoms with Crippen molar-refractivity contribution in [3.05, 3.63) is 0 Å². The Morgan fingerprint density at radius 3 is 2.57 bits per heavy atom. The van der Waals surface area contributed by atoms with E-state index in [1.54, 1.807) is 0 Å². The lowest BCUT2D eigenvalue weighted by Gasteiger charge is -2.29. The topological polar surface area (TPSA) is 113 Å². The third kappa shape index (κ3) is 4.59. The molecule has 0 aromatic heterocycles. The molecule has 1 rings (SSSR count). The van der Waals surface area contributed by atoms with E-state index in [-0.39, 0.29) is 25.6 Å². The maximum atomic E-state index is 12.5. The number of carboxylic acid groups (broad SMARTS) is 1. The zero-order valence-corrected chi connectivity index (χ0v) is 12.4. The van der Waals surface area contributed by atoms with Crippen molar-refractivity contribution in [1.82, 2.24) is 9.80 Å². The number of methoxy groups -OCH3 is 1. The van der Waals surface area contributed by atoms with Crippen LogP contribution in [0.15, 0.2) is 0 Å². The molecule has 3 amide bonds. The molecule has 1 aliphatic rings. The first-order chi connectivity index (χ1) is 9.90. The minimum absolute atomic E-state index is 0.202. The quantitative estimate of drug-likeness (QED) is 0.680. The zero-order chi connectivity index (χ0) is 16.0. The summed E-state index contributed by atoms with van der Waals surface area (Å²) in [6, 6.07) is -1.41. The summed E-state index contributed by atoms with van der Waals surface area (Å²) in [7, 11) is 1.48. The number of ether oxygens (including phenoxy) is 1. The maximum Gasteiger partial charge on any atom is 0.326 e. The van der Waals surface area contributed by atoms with Crippen LogP contribution in [0.2, 0.25) is 0 Å². The van der Waals surface area contributed by atoms with Crippen molar-refractivity contribution in [2.45, 2.75) is 38.3 Å². The van der Waals surface area contributed by atoms with Crippen LogP contribution in [0.1, 0.15) is 26.2 Å². The molecule has 1 heterocycles. The molecule has 0 spiro atoms. The van der Waals surface area contributed by atoms with E-state index >= 15 is 0 Å². The molecule has 21 heavy (non-hydrogen) atoms. The van der Waals surface area contributed by atoms with Gasteiger partial charge in [0.05, 0.1) is 6.10 Å². The second kappa shape index (κ2) is 7.82. The molecule has 8 heteroatoms. The molecule has 1 fully saturated rings. The van der Waals surface area contributed by atoms with Gasteiger partial charge in [-0.2, -0.15) is 0 Å². The number of carbonyl (C=O) groups excluding carboxylic acids is 2. The normalized spacial score (nSPS) is 21.3. The molecule has 0 aromatic carbocycles. The molecule has 0 bridgehead atoms. The molecule has 1 aliphatic heterocycles. The lowest BCUT2D eigenvalue weighted by molar-refractivity contribution is -0.141. The van der Waals surface area contributed by atoms with Crippen molar-refractivity contribution in [3.63, 3.8) is 0 Å². The molecule has 0 aliphatic carbocycles. The molecule has 0 radical (unpaired) electrons. The number of carboxylic acids is 1. The van der Waals surface area contributed by atoms with Crippen LogP contribution < -0.4 is 5.73 Å². The Morgan fingerprint density at radius 2 is 2.10 bits per heavy atom. The van der Waals surface area contributed by atoms with Crippen LogP contribution >= 0.6 is 0 Å². The SMILES string of the molecule is CCCCN(CC(N)=O)C(=O)N1CC(OC)CC1C(=O)O. The van der Waals surface area contributed by atoms with E-state index in [9.17, 15) is 19.5 Å². The van der Waals surface area contributed by atoms with Crippen LogP contribution in [0.4, 0.5) is 4.79 Å². The Balaban J connectivity index is 2.84. The van der Waals surface area contributed by atoms with Gasteiger partial charge in [-0.15, -0.1) is 0 Å². The van der Waals surface area contributed by atoms with E-state index in [4.69, 9.17) is 10.5 Å². The van der Waals surface area contributed by atoms with E-state index in [0.717, 1.165) is 12.8 Å². The van der Waals surface area contributed by atoms with Crippen molar-refractivity contribution < 1.29 is 24.2 Å². The average molecular weight is 301 g/mol. The summed E-state index contributed by atoms with van der Waals surface area (Å²) in [5.41, 5.74) is 5.16. The molecular weight excluding hydrogens is 278 g/mol. The fourth-order valence-corrected chi connectivity index (χ4v) is 2.37. The highest BCUT2D eigenvalue weighted by atomic mass is 16.5. The van der Waals surface area contributed by atoms with Gasteiger partial charge in [0.2, 0.25) is 5.91 Å². The molecule has 2 atom stereocenters. The van der Waals surface area contributed by atoms with Crippen LogP contribution in [0.25, 0.3) is 0 Å². The third-order valence-corrected chi connectivity index (χ3v) is 3.53. The second-order valence-corrected chi connectivity index (χ2v) is 5.12. The van der Waals surface area contributed by atoms with E-state index in [1.165, 1.54) is 16.9 Å². The van der Waals surface area contributed by atoms with Crippen molar-refractivity contribution in [3.8, 4) is 0 Å². The van der Waals surface area contributed by atoms with Crippen LogP contribution in [0.5, 0.6) is 0 Å². The number of rotatable bonds is 7. The molecule has 3 N–H and O–H groups in total. The largest absolute Gasteiger partial charge is 0.480 e. The van der Waals surface area contributed by atoms with Crippen LogP contribution in [0.3, 0.4) is 0 Å². The molecule has 1 saturated heterocycles. The Kier molecular flexibility index (Phi) is 6.41. The fourth-order valence-electron chi connectivity index (χ4n) is 2.37. The highest BCUT2D eigenvalue weighted by Gasteiger charge is 2.41. The Bertz CT molecular complexity index is 401. The van der Waals surface area contributed by atoms with Gasteiger partial charge in [0, 0.05) is 26.6 Å². The van der Waals surface area contributed by atoms with Crippen molar-refractivity contribution in [1.29, 1.82) is 0 Å². The van der Waals surface area contributed by atoms with Crippen LogP contribution in [0, 0.1) is 0 Å².